The molecule has 0 radical (unpaired) electrons. The summed E-state index contributed by atoms with van der Waals surface area (Å²) in [6.07, 6.45) is 5.33. The topological polar surface area (TPSA) is 42.7 Å². The van der Waals surface area contributed by atoms with Crippen molar-refractivity contribution in [1.29, 1.82) is 0 Å². The third-order valence-electron chi connectivity index (χ3n) is 3.40. The molecule has 0 spiro atoms. The first-order valence-electron chi connectivity index (χ1n) is 6.52. The Labute approximate surface area is 107 Å². The molecule has 0 bridgehead atoms. The number of hydrogen-bond acceptors (Lipinski definition) is 3. The van der Waals surface area contributed by atoms with Crippen LogP contribution in [-0.4, -0.2) is 21.3 Å². The van der Waals surface area contributed by atoms with Gasteiger partial charge in [-0.05, 0) is 31.4 Å². The van der Waals surface area contributed by atoms with Gasteiger partial charge in [-0.25, -0.2) is 0 Å². The standard InChI is InChI=1S/C14H18N4/c1-11-4-2-3-5-13(11)15-9-8-14-17-16-10-18(14)12-6-7-12/h2-5,10,12,15H,6-9H2,1H3. The third-order valence-corrected chi connectivity index (χ3v) is 3.40. The van der Waals surface area contributed by atoms with Gasteiger partial charge in [-0.15, -0.1) is 10.2 Å². The largest absolute Gasteiger partial charge is 0.384 e. The molecular weight excluding hydrogens is 224 g/mol. The Morgan fingerprint density at radius 3 is 2.94 bits per heavy atom. The number of hydrogen-bond donors (Lipinski definition) is 1. The van der Waals surface area contributed by atoms with Crippen LogP contribution in [0.25, 0.3) is 0 Å². The fourth-order valence-corrected chi connectivity index (χ4v) is 2.18. The van der Waals surface area contributed by atoms with Gasteiger partial charge in [0.15, 0.2) is 0 Å². The summed E-state index contributed by atoms with van der Waals surface area (Å²) in [6, 6.07) is 9.01. The van der Waals surface area contributed by atoms with Gasteiger partial charge in [-0.3, -0.25) is 0 Å². The monoisotopic (exact) mass is 242 g/mol. The summed E-state index contributed by atoms with van der Waals surface area (Å²) in [4.78, 5) is 0. The van der Waals surface area contributed by atoms with E-state index < -0.39 is 0 Å². The van der Waals surface area contributed by atoms with Gasteiger partial charge in [0.2, 0.25) is 0 Å². The summed E-state index contributed by atoms with van der Waals surface area (Å²) in [5.41, 5.74) is 2.48. The number of aromatic nitrogens is 3. The van der Waals surface area contributed by atoms with E-state index in [1.165, 1.54) is 24.1 Å². The summed E-state index contributed by atoms with van der Waals surface area (Å²) < 4.78 is 2.22. The number of rotatable bonds is 5. The van der Waals surface area contributed by atoms with E-state index in [1.54, 1.807) is 0 Å². The molecule has 3 rings (SSSR count). The molecular formula is C14H18N4. The summed E-state index contributed by atoms with van der Waals surface area (Å²) >= 11 is 0. The molecule has 94 valence electrons. The van der Waals surface area contributed by atoms with Crippen LogP contribution in [-0.2, 0) is 6.42 Å². The predicted molar refractivity (Wildman–Crippen MR) is 71.7 cm³/mol. The van der Waals surface area contributed by atoms with Gasteiger partial charge in [0.1, 0.15) is 12.2 Å². The van der Waals surface area contributed by atoms with Crippen LogP contribution in [0.15, 0.2) is 30.6 Å². The molecule has 1 aliphatic rings. The first kappa shape index (κ1) is 11.3. The Morgan fingerprint density at radius 2 is 2.17 bits per heavy atom. The second kappa shape index (κ2) is 4.80. The molecule has 1 N–H and O–H groups in total. The first-order chi connectivity index (χ1) is 8.84. The Morgan fingerprint density at radius 1 is 1.33 bits per heavy atom. The number of nitrogens with one attached hydrogen (secondary N) is 1. The summed E-state index contributed by atoms with van der Waals surface area (Å²) in [7, 11) is 0. The van der Waals surface area contributed by atoms with Gasteiger partial charge >= 0.3 is 0 Å². The molecule has 0 saturated heterocycles. The van der Waals surface area contributed by atoms with E-state index in [2.05, 4.69) is 51.3 Å². The van der Waals surface area contributed by atoms with Crippen LogP contribution < -0.4 is 5.32 Å². The highest BCUT2D eigenvalue weighted by Gasteiger charge is 2.25. The summed E-state index contributed by atoms with van der Waals surface area (Å²) in [6.45, 7) is 3.02. The Bertz CT molecular complexity index is 528. The van der Waals surface area contributed by atoms with Gasteiger partial charge < -0.3 is 9.88 Å². The predicted octanol–water partition coefficient (Wildman–Crippen LogP) is 2.58. The smallest absolute Gasteiger partial charge is 0.134 e. The van der Waals surface area contributed by atoms with Crippen LogP contribution in [0, 0.1) is 6.92 Å². The molecule has 1 aromatic heterocycles. The average molecular weight is 242 g/mol. The Kier molecular flexibility index (Phi) is 3.00. The zero-order chi connectivity index (χ0) is 12.4. The van der Waals surface area contributed by atoms with Crippen LogP contribution in [0.4, 0.5) is 5.69 Å². The van der Waals surface area contributed by atoms with Gasteiger partial charge in [0.05, 0.1) is 0 Å². The highest BCUT2D eigenvalue weighted by Crippen LogP contribution is 2.35. The maximum Gasteiger partial charge on any atom is 0.134 e. The van der Waals surface area contributed by atoms with Crippen molar-refractivity contribution in [1.82, 2.24) is 14.8 Å². The van der Waals surface area contributed by atoms with E-state index in [4.69, 9.17) is 0 Å². The maximum atomic E-state index is 4.20. The molecule has 0 aliphatic heterocycles. The van der Waals surface area contributed by atoms with Crippen molar-refractivity contribution in [3.8, 4) is 0 Å². The van der Waals surface area contributed by atoms with Crippen molar-refractivity contribution < 1.29 is 0 Å². The minimum Gasteiger partial charge on any atom is -0.384 e. The van der Waals surface area contributed by atoms with Crippen molar-refractivity contribution in [2.75, 3.05) is 11.9 Å². The fourth-order valence-electron chi connectivity index (χ4n) is 2.18. The van der Waals surface area contributed by atoms with Crippen LogP contribution in [0.5, 0.6) is 0 Å². The molecule has 0 atom stereocenters. The van der Waals surface area contributed by atoms with Gasteiger partial charge in [-0.1, -0.05) is 18.2 Å². The number of anilines is 1. The molecule has 2 aromatic rings. The molecule has 4 nitrogen and oxygen atoms in total. The molecule has 0 unspecified atom stereocenters. The molecule has 0 amide bonds. The van der Waals surface area contributed by atoms with Gasteiger partial charge in [0.25, 0.3) is 0 Å². The normalized spacial score (nSPS) is 14.7. The Hall–Kier alpha value is -1.84. The number of benzene rings is 1. The van der Waals surface area contributed by atoms with Crippen molar-refractivity contribution in [3.63, 3.8) is 0 Å². The van der Waals surface area contributed by atoms with Crippen LogP contribution >= 0.6 is 0 Å². The zero-order valence-corrected chi connectivity index (χ0v) is 10.6. The molecule has 1 fully saturated rings. The SMILES string of the molecule is Cc1ccccc1NCCc1nncn1C1CC1. The molecule has 1 saturated carbocycles. The molecule has 18 heavy (non-hydrogen) atoms. The van der Waals surface area contributed by atoms with E-state index in [-0.39, 0.29) is 0 Å². The highest BCUT2D eigenvalue weighted by molar-refractivity contribution is 5.50. The number of para-hydroxylation sites is 1. The minimum absolute atomic E-state index is 0.661. The lowest BCUT2D eigenvalue weighted by molar-refractivity contribution is 0.681. The average Bonchev–Trinajstić information content (AvgIpc) is 3.12. The molecule has 1 aliphatic carbocycles. The van der Waals surface area contributed by atoms with Crippen molar-refractivity contribution in [2.45, 2.75) is 32.2 Å². The first-order valence-corrected chi connectivity index (χ1v) is 6.52. The second-order valence-corrected chi connectivity index (χ2v) is 4.88. The molecule has 1 heterocycles. The van der Waals surface area contributed by atoms with Gasteiger partial charge in [-0.2, -0.15) is 0 Å². The van der Waals surface area contributed by atoms with Crippen molar-refractivity contribution >= 4 is 5.69 Å². The molecule has 1 aromatic carbocycles. The lowest BCUT2D eigenvalue weighted by Crippen LogP contribution is -2.10. The highest BCUT2D eigenvalue weighted by atomic mass is 15.3. The van der Waals surface area contributed by atoms with Crippen LogP contribution in [0.1, 0.15) is 30.3 Å². The van der Waals surface area contributed by atoms with Crippen LogP contribution in [0.2, 0.25) is 0 Å². The van der Waals surface area contributed by atoms with Crippen LogP contribution in [0.3, 0.4) is 0 Å². The summed E-state index contributed by atoms with van der Waals surface area (Å²) in [5.74, 6) is 1.10. The second-order valence-electron chi connectivity index (χ2n) is 4.88. The van der Waals surface area contributed by atoms with E-state index >= 15 is 0 Å². The molecule has 4 heteroatoms. The Balaban J connectivity index is 1.58. The van der Waals surface area contributed by atoms with Crippen molar-refractivity contribution in [3.05, 3.63) is 42.0 Å². The lowest BCUT2D eigenvalue weighted by Gasteiger charge is -2.09. The van der Waals surface area contributed by atoms with E-state index in [1.807, 2.05) is 6.33 Å². The van der Waals surface area contributed by atoms with E-state index in [0.717, 1.165) is 18.8 Å². The van der Waals surface area contributed by atoms with E-state index in [0.29, 0.717) is 6.04 Å². The summed E-state index contributed by atoms with van der Waals surface area (Å²) in [5, 5.41) is 11.7. The van der Waals surface area contributed by atoms with Gasteiger partial charge in [0, 0.05) is 24.7 Å². The maximum absolute atomic E-state index is 4.20. The lowest BCUT2D eigenvalue weighted by atomic mass is 10.2. The number of nitrogens with zero attached hydrogens (tertiary/aromatic N) is 3. The zero-order valence-electron chi connectivity index (χ0n) is 10.6. The van der Waals surface area contributed by atoms with Crippen molar-refractivity contribution in [2.24, 2.45) is 0 Å². The fraction of sp³-hybridized carbons (Fsp3) is 0.429. The third kappa shape index (κ3) is 2.37. The number of aryl methyl sites for hydroxylation is 1. The van der Waals surface area contributed by atoms with E-state index in [9.17, 15) is 0 Å². The quantitative estimate of drug-likeness (QED) is 0.876. The minimum atomic E-state index is 0.661.